The Bertz CT molecular complexity index is 860. The molecule has 136 valence electrons. The summed E-state index contributed by atoms with van der Waals surface area (Å²) in [5, 5.41) is 10.4. The van der Waals surface area contributed by atoms with Gasteiger partial charge in [0.1, 0.15) is 12.4 Å². The van der Waals surface area contributed by atoms with Gasteiger partial charge in [0, 0.05) is 18.4 Å². The Hall–Kier alpha value is -2.48. The summed E-state index contributed by atoms with van der Waals surface area (Å²) < 4.78 is 10.5. The van der Waals surface area contributed by atoms with Crippen molar-refractivity contribution in [1.29, 1.82) is 0 Å². The average Bonchev–Trinajstić information content (AvgIpc) is 3.01. The number of hydrogen-bond donors (Lipinski definition) is 3. The first-order chi connectivity index (χ1) is 12.6. The Morgan fingerprint density at radius 1 is 1.12 bits per heavy atom. The lowest BCUT2D eigenvalue weighted by Crippen LogP contribution is -2.03. The standard InChI is InChI=1S/C17H17Cl2N5O2/c1-25-6-7-26-12-4-2-10(3-5-12)15-13(18)8-11(9-14(15)19)21-17-22-16(20)23-24-17/h2-5,8-9H,6-7H2,1H3,(H4,20,21,22,23,24). The fourth-order valence-corrected chi connectivity index (χ4v) is 3.05. The minimum Gasteiger partial charge on any atom is -0.491 e. The number of nitrogens with one attached hydrogen (secondary N) is 2. The number of nitrogen functional groups attached to an aromatic ring is 1. The number of ether oxygens (including phenoxy) is 2. The SMILES string of the molecule is COCCOc1ccc(-c2c(Cl)cc(Nc3n[nH]c(N)n3)cc2Cl)cc1. The van der Waals surface area contributed by atoms with Crippen molar-refractivity contribution in [3.8, 4) is 16.9 Å². The van der Waals surface area contributed by atoms with Gasteiger partial charge in [-0.3, -0.25) is 0 Å². The van der Waals surface area contributed by atoms with Gasteiger partial charge in [0.2, 0.25) is 11.9 Å². The van der Waals surface area contributed by atoms with E-state index < -0.39 is 0 Å². The van der Waals surface area contributed by atoms with Gasteiger partial charge in [0.15, 0.2) is 0 Å². The molecule has 0 spiro atoms. The second-order valence-electron chi connectivity index (χ2n) is 5.35. The van der Waals surface area contributed by atoms with E-state index in [-0.39, 0.29) is 5.95 Å². The Balaban J connectivity index is 1.79. The number of nitrogens with zero attached hydrogens (tertiary/aromatic N) is 2. The van der Waals surface area contributed by atoms with Crippen LogP contribution >= 0.6 is 23.2 Å². The summed E-state index contributed by atoms with van der Waals surface area (Å²) >= 11 is 12.9. The molecule has 0 atom stereocenters. The predicted octanol–water partition coefficient (Wildman–Crippen LogP) is 4.13. The molecule has 1 heterocycles. The van der Waals surface area contributed by atoms with E-state index in [1.54, 1.807) is 19.2 Å². The third-order valence-corrected chi connectivity index (χ3v) is 4.10. The van der Waals surface area contributed by atoms with Gasteiger partial charge >= 0.3 is 0 Å². The Labute approximate surface area is 160 Å². The number of benzene rings is 2. The molecule has 9 heteroatoms. The Morgan fingerprint density at radius 3 is 2.38 bits per heavy atom. The minimum atomic E-state index is 0.217. The molecule has 0 saturated carbocycles. The summed E-state index contributed by atoms with van der Waals surface area (Å²) in [6.45, 7) is 1.02. The lowest BCUT2D eigenvalue weighted by Gasteiger charge is -2.12. The number of H-pyrrole nitrogens is 1. The fourth-order valence-electron chi connectivity index (χ4n) is 2.34. The van der Waals surface area contributed by atoms with Crippen molar-refractivity contribution < 1.29 is 9.47 Å². The lowest BCUT2D eigenvalue weighted by atomic mass is 10.0. The van der Waals surface area contributed by atoms with Crippen LogP contribution in [0.4, 0.5) is 17.6 Å². The van der Waals surface area contributed by atoms with Crippen LogP contribution in [0.25, 0.3) is 11.1 Å². The molecule has 0 aliphatic heterocycles. The van der Waals surface area contributed by atoms with Gasteiger partial charge in [-0.1, -0.05) is 35.3 Å². The quantitative estimate of drug-likeness (QED) is 0.522. The zero-order valence-electron chi connectivity index (χ0n) is 13.9. The summed E-state index contributed by atoms with van der Waals surface area (Å²) in [5.74, 6) is 1.30. The van der Waals surface area contributed by atoms with Crippen molar-refractivity contribution in [3.05, 3.63) is 46.4 Å². The second kappa shape index (κ2) is 8.27. The highest BCUT2D eigenvalue weighted by Gasteiger charge is 2.12. The van der Waals surface area contributed by atoms with Crippen LogP contribution in [0.1, 0.15) is 0 Å². The third-order valence-electron chi connectivity index (χ3n) is 3.50. The highest BCUT2D eigenvalue weighted by molar-refractivity contribution is 6.39. The first kappa shape index (κ1) is 18.3. The number of nitrogens with two attached hydrogens (primary N) is 1. The van der Waals surface area contributed by atoms with Crippen LogP contribution in [-0.2, 0) is 4.74 Å². The van der Waals surface area contributed by atoms with E-state index in [4.69, 9.17) is 38.4 Å². The van der Waals surface area contributed by atoms with E-state index in [9.17, 15) is 0 Å². The van der Waals surface area contributed by atoms with E-state index in [1.807, 2.05) is 24.3 Å². The molecule has 26 heavy (non-hydrogen) atoms. The van der Waals surface area contributed by atoms with E-state index in [0.717, 1.165) is 16.9 Å². The van der Waals surface area contributed by atoms with Gasteiger partial charge < -0.3 is 20.5 Å². The highest BCUT2D eigenvalue weighted by atomic mass is 35.5. The normalized spacial score (nSPS) is 10.7. The van der Waals surface area contributed by atoms with Gasteiger partial charge in [-0.05, 0) is 29.8 Å². The van der Waals surface area contributed by atoms with Crippen molar-refractivity contribution in [2.24, 2.45) is 0 Å². The number of aromatic amines is 1. The fraction of sp³-hybridized carbons (Fsp3) is 0.176. The summed E-state index contributed by atoms with van der Waals surface area (Å²) in [5.41, 5.74) is 7.77. The molecule has 0 aliphatic rings. The molecule has 0 bridgehead atoms. The molecule has 0 unspecified atom stereocenters. The van der Waals surface area contributed by atoms with Crippen molar-refractivity contribution >= 4 is 40.8 Å². The number of methoxy groups -OCH3 is 1. The molecule has 0 fully saturated rings. The Kier molecular flexibility index (Phi) is 5.82. The van der Waals surface area contributed by atoms with Crippen LogP contribution in [0, 0.1) is 0 Å². The molecule has 7 nitrogen and oxygen atoms in total. The van der Waals surface area contributed by atoms with Crippen molar-refractivity contribution in [3.63, 3.8) is 0 Å². The zero-order valence-corrected chi connectivity index (χ0v) is 15.4. The summed E-state index contributed by atoms with van der Waals surface area (Å²) in [7, 11) is 1.63. The van der Waals surface area contributed by atoms with E-state index in [0.29, 0.717) is 34.9 Å². The first-order valence-electron chi connectivity index (χ1n) is 7.73. The van der Waals surface area contributed by atoms with Crippen LogP contribution in [0.5, 0.6) is 5.75 Å². The maximum absolute atomic E-state index is 6.44. The first-order valence-corrected chi connectivity index (χ1v) is 8.48. The summed E-state index contributed by atoms with van der Waals surface area (Å²) in [6, 6.07) is 11.0. The number of rotatable bonds is 7. The molecular formula is C17H17Cl2N5O2. The van der Waals surface area contributed by atoms with E-state index in [1.165, 1.54) is 0 Å². The molecule has 1 aromatic heterocycles. The van der Waals surface area contributed by atoms with Gasteiger partial charge in [0.05, 0.1) is 16.7 Å². The molecule has 3 aromatic rings. The molecule has 0 radical (unpaired) electrons. The smallest absolute Gasteiger partial charge is 0.248 e. The Morgan fingerprint density at radius 2 is 1.81 bits per heavy atom. The van der Waals surface area contributed by atoms with Gasteiger partial charge in [-0.15, -0.1) is 5.10 Å². The third kappa shape index (κ3) is 4.37. The van der Waals surface area contributed by atoms with Crippen molar-refractivity contribution in [2.75, 3.05) is 31.4 Å². The molecule has 2 aromatic carbocycles. The highest BCUT2D eigenvalue weighted by Crippen LogP contribution is 2.38. The molecule has 0 amide bonds. The molecule has 0 aliphatic carbocycles. The van der Waals surface area contributed by atoms with Crippen LogP contribution in [0.2, 0.25) is 10.0 Å². The molecule has 0 saturated heterocycles. The van der Waals surface area contributed by atoms with Crippen LogP contribution in [0.15, 0.2) is 36.4 Å². The van der Waals surface area contributed by atoms with Crippen molar-refractivity contribution in [1.82, 2.24) is 15.2 Å². The molecule has 3 rings (SSSR count). The van der Waals surface area contributed by atoms with E-state index >= 15 is 0 Å². The monoisotopic (exact) mass is 393 g/mol. The maximum Gasteiger partial charge on any atom is 0.248 e. The molecular weight excluding hydrogens is 377 g/mol. The maximum atomic E-state index is 6.44. The topological polar surface area (TPSA) is 98.1 Å². The number of anilines is 3. The zero-order chi connectivity index (χ0) is 18.5. The van der Waals surface area contributed by atoms with Crippen molar-refractivity contribution in [2.45, 2.75) is 0 Å². The number of halogens is 2. The van der Waals surface area contributed by atoms with Gasteiger partial charge in [-0.2, -0.15) is 4.98 Å². The van der Waals surface area contributed by atoms with Crippen LogP contribution in [0.3, 0.4) is 0 Å². The molecule has 4 N–H and O–H groups in total. The van der Waals surface area contributed by atoms with Crippen LogP contribution in [-0.4, -0.2) is 35.5 Å². The lowest BCUT2D eigenvalue weighted by molar-refractivity contribution is 0.146. The minimum absolute atomic E-state index is 0.217. The number of aromatic nitrogens is 3. The van der Waals surface area contributed by atoms with Gasteiger partial charge in [-0.25, -0.2) is 5.10 Å². The largest absolute Gasteiger partial charge is 0.491 e. The van der Waals surface area contributed by atoms with Gasteiger partial charge in [0.25, 0.3) is 0 Å². The number of hydrogen-bond acceptors (Lipinski definition) is 6. The summed E-state index contributed by atoms with van der Waals surface area (Å²) in [6.07, 6.45) is 0. The average molecular weight is 394 g/mol. The second-order valence-corrected chi connectivity index (χ2v) is 6.16. The van der Waals surface area contributed by atoms with Crippen LogP contribution < -0.4 is 15.8 Å². The predicted molar refractivity (Wildman–Crippen MR) is 103 cm³/mol. The van der Waals surface area contributed by atoms with E-state index in [2.05, 4.69) is 20.5 Å². The summed E-state index contributed by atoms with van der Waals surface area (Å²) in [4.78, 5) is 3.98.